The van der Waals surface area contributed by atoms with E-state index in [0.717, 1.165) is 6.42 Å². The van der Waals surface area contributed by atoms with Gasteiger partial charge in [0, 0.05) is 0 Å². The van der Waals surface area contributed by atoms with Gasteiger partial charge < -0.3 is 4.84 Å². The van der Waals surface area contributed by atoms with Gasteiger partial charge in [0.05, 0.1) is 6.61 Å². The minimum Gasteiger partial charge on any atom is -0.305 e. The smallest absolute Gasteiger partial charge is 0.0679 e. The largest absolute Gasteiger partial charge is 0.305 e. The number of aryl methyl sites for hydroxylation is 2. The predicted octanol–water partition coefficient (Wildman–Crippen LogP) is 4.94. The van der Waals surface area contributed by atoms with Crippen LogP contribution in [0.5, 0.6) is 0 Å². The predicted molar refractivity (Wildman–Crippen MR) is 86.6 cm³/mol. The van der Waals surface area contributed by atoms with E-state index in [1.165, 1.54) is 68.9 Å². The zero-order valence-electron chi connectivity index (χ0n) is 13.1. The zero-order chi connectivity index (χ0) is 14.5. The first-order valence-corrected chi connectivity index (χ1v) is 8.20. The first-order valence-electron chi connectivity index (χ1n) is 8.20. The average molecular weight is 277 g/mol. The SMILES string of the molecule is Cc1ccc(CCCCCCCCCCCON)cc1. The van der Waals surface area contributed by atoms with Gasteiger partial charge in [0.15, 0.2) is 0 Å². The van der Waals surface area contributed by atoms with Gasteiger partial charge >= 0.3 is 0 Å². The van der Waals surface area contributed by atoms with Crippen molar-refractivity contribution in [2.75, 3.05) is 6.61 Å². The van der Waals surface area contributed by atoms with E-state index in [0.29, 0.717) is 6.61 Å². The minimum absolute atomic E-state index is 0.707. The standard InChI is InChI=1S/C18H31NO/c1-17-12-14-18(15-13-17)11-9-7-5-3-2-4-6-8-10-16-20-19/h12-15H,2-11,16,19H2,1H3. The van der Waals surface area contributed by atoms with Gasteiger partial charge in [0.2, 0.25) is 0 Å². The van der Waals surface area contributed by atoms with Crippen LogP contribution in [0.15, 0.2) is 24.3 Å². The molecule has 1 aromatic rings. The van der Waals surface area contributed by atoms with Crippen molar-refractivity contribution in [2.24, 2.45) is 5.90 Å². The fourth-order valence-corrected chi connectivity index (χ4v) is 2.51. The summed E-state index contributed by atoms with van der Waals surface area (Å²) in [4.78, 5) is 4.56. The Balaban J connectivity index is 1.84. The molecule has 20 heavy (non-hydrogen) atoms. The molecular formula is C18H31NO. The summed E-state index contributed by atoms with van der Waals surface area (Å²) in [6, 6.07) is 8.96. The van der Waals surface area contributed by atoms with E-state index >= 15 is 0 Å². The Hall–Kier alpha value is -0.860. The van der Waals surface area contributed by atoms with E-state index in [1.807, 2.05) is 0 Å². The molecule has 0 aliphatic heterocycles. The molecule has 0 aromatic heterocycles. The lowest BCUT2D eigenvalue weighted by atomic mass is 10.0. The van der Waals surface area contributed by atoms with Crippen LogP contribution in [-0.2, 0) is 11.3 Å². The van der Waals surface area contributed by atoms with Gasteiger partial charge in [0.1, 0.15) is 0 Å². The Bertz CT molecular complexity index is 321. The molecule has 0 atom stereocenters. The molecule has 1 rings (SSSR count). The molecule has 0 amide bonds. The van der Waals surface area contributed by atoms with Gasteiger partial charge in [-0.2, -0.15) is 0 Å². The third-order valence-electron chi connectivity index (χ3n) is 3.85. The molecule has 0 saturated heterocycles. The lowest BCUT2D eigenvalue weighted by Crippen LogP contribution is -2.00. The molecule has 2 N–H and O–H groups in total. The molecule has 0 saturated carbocycles. The molecule has 0 bridgehead atoms. The molecule has 0 unspecified atom stereocenters. The Morgan fingerprint density at radius 3 is 1.80 bits per heavy atom. The molecule has 114 valence electrons. The summed E-state index contributed by atoms with van der Waals surface area (Å²) in [6.07, 6.45) is 13.1. The summed E-state index contributed by atoms with van der Waals surface area (Å²) in [7, 11) is 0. The van der Waals surface area contributed by atoms with E-state index in [2.05, 4.69) is 36.0 Å². The van der Waals surface area contributed by atoms with Crippen LogP contribution >= 0.6 is 0 Å². The molecule has 0 aliphatic carbocycles. The maximum Gasteiger partial charge on any atom is 0.0679 e. The Labute approximate surface area is 124 Å². The van der Waals surface area contributed by atoms with Crippen molar-refractivity contribution >= 4 is 0 Å². The summed E-state index contributed by atoms with van der Waals surface area (Å²) in [5, 5.41) is 0. The Morgan fingerprint density at radius 2 is 1.25 bits per heavy atom. The second-order valence-electron chi connectivity index (χ2n) is 5.79. The van der Waals surface area contributed by atoms with Crippen LogP contribution in [0, 0.1) is 6.92 Å². The van der Waals surface area contributed by atoms with Crippen molar-refractivity contribution in [1.82, 2.24) is 0 Å². The first-order chi connectivity index (χ1) is 9.83. The maximum atomic E-state index is 4.99. The van der Waals surface area contributed by atoms with Crippen LogP contribution < -0.4 is 5.90 Å². The zero-order valence-corrected chi connectivity index (χ0v) is 13.1. The van der Waals surface area contributed by atoms with Crippen molar-refractivity contribution in [2.45, 2.75) is 71.1 Å². The number of hydrogen-bond acceptors (Lipinski definition) is 2. The van der Waals surface area contributed by atoms with Crippen molar-refractivity contribution in [3.63, 3.8) is 0 Å². The van der Waals surface area contributed by atoms with Gasteiger partial charge in [-0.05, 0) is 31.7 Å². The molecule has 0 heterocycles. The van der Waals surface area contributed by atoms with Gasteiger partial charge in [-0.3, -0.25) is 0 Å². The van der Waals surface area contributed by atoms with E-state index in [1.54, 1.807) is 0 Å². The Kier molecular flexibility index (Phi) is 10.3. The van der Waals surface area contributed by atoms with E-state index in [9.17, 15) is 0 Å². The number of rotatable bonds is 12. The van der Waals surface area contributed by atoms with Gasteiger partial charge in [0.25, 0.3) is 0 Å². The van der Waals surface area contributed by atoms with Gasteiger partial charge in [-0.15, -0.1) is 0 Å². The van der Waals surface area contributed by atoms with Gasteiger partial charge in [-0.25, -0.2) is 5.90 Å². The molecule has 0 fully saturated rings. The summed E-state index contributed by atoms with van der Waals surface area (Å²) in [6.45, 7) is 2.85. The number of nitrogens with two attached hydrogens (primary N) is 1. The lowest BCUT2D eigenvalue weighted by Gasteiger charge is -2.03. The summed E-state index contributed by atoms with van der Waals surface area (Å²) >= 11 is 0. The number of unbranched alkanes of at least 4 members (excludes halogenated alkanes) is 8. The molecule has 2 nitrogen and oxygen atoms in total. The van der Waals surface area contributed by atoms with Crippen molar-refractivity contribution < 1.29 is 4.84 Å². The highest BCUT2D eigenvalue weighted by atomic mass is 16.6. The minimum atomic E-state index is 0.707. The Morgan fingerprint density at radius 1 is 0.750 bits per heavy atom. The second kappa shape index (κ2) is 11.9. The van der Waals surface area contributed by atoms with Crippen molar-refractivity contribution in [1.29, 1.82) is 0 Å². The highest BCUT2D eigenvalue weighted by molar-refractivity contribution is 5.21. The fraction of sp³-hybridized carbons (Fsp3) is 0.667. The molecule has 1 aromatic carbocycles. The van der Waals surface area contributed by atoms with Gasteiger partial charge in [-0.1, -0.05) is 74.8 Å². The van der Waals surface area contributed by atoms with Crippen molar-refractivity contribution in [3.05, 3.63) is 35.4 Å². The molecule has 0 aliphatic rings. The quantitative estimate of drug-likeness (QED) is 0.434. The molecular weight excluding hydrogens is 246 g/mol. The topological polar surface area (TPSA) is 35.2 Å². The highest BCUT2D eigenvalue weighted by Crippen LogP contribution is 2.12. The molecule has 0 spiro atoms. The average Bonchev–Trinajstić information content (AvgIpc) is 2.47. The summed E-state index contributed by atoms with van der Waals surface area (Å²) in [5.41, 5.74) is 2.84. The monoisotopic (exact) mass is 277 g/mol. The highest BCUT2D eigenvalue weighted by Gasteiger charge is 1.95. The summed E-state index contributed by atoms with van der Waals surface area (Å²) < 4.78 is 0. The summed E-state index contributed by atoms with van der Waals surface area (Å²) in [5.74, 6) is 4.99. The third-order valence-corrected chi connectivity index (χ3v) is 3.85. The number of hydrogen-bond donors (Lipinski definition) is 1. The third kappa shape index (κ3) is 9.11. The molecule has 2 heteroatoms. The normalized spacial score (nSPS) is 10.9. The van der Waals surface area contributed by atoms with Crippen molar-refractivity contribution in [3.8, 4) is 0 Å². The van der Waals surface area contributed by atoms with Crippen LogP contribution in [0.4, 0.5) is 0 Å². The second-order valence-corrected chi connectivity index (χ2v) is 5.79. The molecule has 0 radical (unpaired) electrons. The van der Waals surface area contributed by atoms with Crippen LogP contribution in [-0.4, -0.2) is 6.61 Å². The number of benzene rings is 1. The van der Waals surface area contributed by atoms with Crippen LogP contribution in [0.3, 0.4) is 0 Å². The van der Waals surface area contributed by atoms with Crippen LogP contribution in [0.1, 0.15) is 68.9 Å². The maximum absolute atomic E-state index is 4.99. The van der Waals surface area contributed by atoms with E-state index < -0.39 is 0 Å². The fourth-order valence-electron chi connectivity index (χ4n) is 2.51. The van der Waals surface area contributed by atoms with E-state index in [4.69, 9.17) is 5.90 Å². The first kappa shape index (κ1) is 17.2. The van der Waals surface area contributed by atoms with Crippen LogP contribution in [0.25, 0.3) is 0 Å². The van der Waals surface area contributed by atoms with E-state index in [-0.39, 0.29) is 0 Å². The van der Waals surface area contributed by atoms with Crippen LogP contribution in [0.2, 0.25) is 0 Å². The lowest BCUT2D eigenvalue weighted by molar-refractivity contribution is 0.133.